The van der Waals surface area contributed by atoms with E-state index < -0.39 is 23.6 Å². The Morgan fingerprint density at radius 2 is 1.47 bits per heavy atom. The molecule has 2 N–H and O–H groups in total. The van der Waals surface area contributed by atoms with Gasteiger partial charge in [-0.05, 0) is 47.5 Å². The van der Waals surface area contributed by atoms with Gasteiger partial charge in [0.25, 0.3) is 5.91 Å². The average molecular weight is 648 g/mol. The number of nitrogens with one attached hydrogen (secondary N) is 2. The quantitative estimate of drug-likeness (QED) is 0.0735. The molecule has 4 aromatic carbocycles. The number of carbonyl (C=O) groups is 2. The van der Waals surface area contributed by atoms with Gasteiger partial charge in [0.15, 0.2) is 23.0 Å². The molecule has 1 amide bonds. The number of hydrogen-bond acceptors (Lipinski definition) is 8. The molecule has 0 radical (unpaired) electrons. The summed E-state index contributed by atoms with van der Waals surface area (Å²) < 4.78 is 68.2. The van der Waals surface area contributed by atoms with Crippen LogP contribution < -0.4 is 29.1 Å². The molecule has 0 aliphatic heterocycles. The number of methoxy groups -OCH3 is 4. The average Bonchev–Trinajstić information content (AvgIpc) is 3.48. The van der Waals surface area contributed by atoms with Gasteiger partial charge in [0.1, 0.15) is 5.69 Å². The third kappa shape index (κ3) is 6.69. The zero-order chi connectivity index (χ0) is 33.7. The van der Waals surface area contributed by atoms with Crippen LogP contribution in [-0.4, -0.2) is 51.5 Å². The smallest absolute Gasteiger partial charge is 0.418 e. The Balaban J connectivity index is 1.38. The first kappa shape index (κ1) is 32.4. The van der Waals surface area contributed by atoms with E-state index >= 15 is 0 Å². The topological polar surface area (TPSA) is 120 Å². The summed E-state index contributed by atoms with van der Waals surface area (Å²) in [6.07, 6.45) is -3.34. The number of carbonyl (C=O) groups excluding carboxylic acids is 2. The monoisotopic (exact) mass is 647 g/mol. The fraction of sp³-hybridized carbons (Fsp3) is 0.147. The Hall–Kier alpha value is -5.98. The van der Waals surface area contributed by atoms with E-state index in [1.807, 2.05) is 0 Å². The van der Waals surface area contributed by atoms with E-state index in [0.29, 0.717) is 22.4 Å². The van der Waals surface area contributed by atoms with Crippen LogP contribution in [0.4, 0.5) is 13.2 Å². The number of alkyl halides is 3. The molecule has 1 heterocycles. The number of aromatic amines is 1. The first-order valence-corrected chi connectivity index (χ1v) is 13.9. The molecule has 10 nitrogen and oxygen atoms in total. The van der Waals surface area contributed by atoms with Crippen LogP contribution in [0.25, 0.3) is 22.0 Å². The number of benzene rings is 4. The summed E-state index contributed by atoms with van der Waals surface area (Å²) in [7, 11) is 5.66. The second-order valence-corrected chi connectivity index (χ2v) is 9.88. The van der Waals surface area contributed by atoms with Crippen LogP contribution in [0.5, 0.6) is 28.7 Å². The molecule has 242 valence electrons. The van der Waals surface area contributed by atoms with Gasteiger partial charge < -0.3 is 28.7 Å². The number of ether oxygens (including phenoxy) is 5. The number of nitrogens with zero attached hydrogens (tertiary/aromatic N) is 1. The largest absolute Gasteiger partial charge is 0.493 e. The lowest BCUT2D eigenvalue weighted by atomic mass is 10.0. The lowest BCUT2D eigenvalue weighted by Crippen LogP contribution is -2.19. The molecule has 0 unspecified atom stereocenters. The van der Waals surface area contributed by atoms with Gasteiger partial charge in [-0.1, -0.05) is 42.5 Å². The number of esters is 1. The van der Waals surface area contributed by atoms with E-state index in [1.54, 1.807) is 36.4 Å². The summed E-state index contributed by atoms with van der Waals surface area (Å²) >= 11 is 0. The third-order valence-electron chi connectivity index (χ3n) is 7.10. The van der Waals surface area contributed by atoms with E-state index in [4.69, 9.17) is 23.7 Å². The van der Waals surface area contributed by atoms with Gasteiger partial charge in [0.2, 0.25) is 5.75 Å². The number of hydrazone groups is 1. The lowest BCUT2D eigenvalue weighted by Gasteiger charge is -2.14. The van der Waals surface area contributed by atoms with Crippen LogP contribution in [0, 0.1) is 0 Å². The van der Waals surface area contributed by atoms with Crippen LogP contribution in [0.2, 0.25) is 0 Å². The molecule has 0 bridgehead atoms. The van der Waals surface area contributed by atoms with Gasteiger partial charge in [-0.15, -0.1) is 0 Å². The minimum Gasteiger partial charge on any atom is -0.493 e. The normalized spacial score (nSPS) is 11.4. The molecule has 47 heavy (non-hydrogen) atoms. The Morgan fingerprint density at radius 1 is 0.787 bits per heavy atom. The van der Waals surface area contributed by atoms with E-state index in [9.17, 15) is 22.8 Å². The number of halogens is 3. The fourth-order valence-corrected chi connectivity index (χ4v) is 4.96. The van der Waals surface area contributed by atoms with Crippen molar-refractivity contribution in [3.8, 4) is 39.9 Å². The molecule has 5 aromatic rings. The van der Waals surface area contributed by atoms with Gasteiger partial charge in [-0.3, -0.25) is 4.79 Å². The predicted octanol–water partition coefficient (Wildman–Crippen LogP) is 6.87. The molecular formula is C34H28F3N3O7. The van der Waals surface area contributed by atoms with Gasteiger partial charge in [-0.25, -0.2) is 10.2 Å². The van der Waals surface area contributed by atoms with Crippen molar-refractivity contribution in [3.05, 3.63) is 101 Å². The van der Waals surface area contributed by atoms with E-state index in [2.05, 4.69) is 15.5 Å². The summed E-state index contributed by atoms with van der Waals surface area (Å²) in [4.78, 5) is 28.9. The van der Waals surface area contributed by atoms with Gasteiger partial charge >= 0.3 is 12.1 Å². The summed E-state index contributed by atoms with van der Waals surface area (Å²) in [5.74, 6) is -0.357. The van der Waals surface area contributed by atoms with E-state index in [0.717, 1.165) is 6.07 Å². The van der Waals surface area contributed by atoms with Gasteiger partial charge in [0, 0.05) is 10.9 Å². The number of hydrogen-bond donors (Lipinski definition) is 2. The molecular weight excluding hydrogens is 619 g/mol. The van der Waals surface area contributed by atoms with Crippen molar-refractivity contribution in [3.63, 3.8) is 0 Å². The van der Waals surface area contributed by atoms with Crippen LogP contribution in [-0.2, 0) is 6.18 Å². The minimum absolute atomic E-state index is 0.0910. The summed E-state index contributed by atoms with van der Waals surface area (Å²) in [5, 5.41) is 4.23. The first-order chi connectivity index (χ1) is 22.6. The summed E-state index contributed by atoms with van der Waals surface area (Å²) in [6.45, 7) is 0. The SMILES string of the molecule is COc1cc(C=NNC(=O)c2[nH]c3c(C(F)(F)F)cccc3c2-c2ccccc2)ccc1OC(=O)c1cc(OC)c(OC)c(OC)c1. The maximum atomic E-state index is 13.8. The molecule has 13 heteroatoms. The van der Waals surface area contributed by atoms with E-state index in [-0.39, 0.29) is 45.2 Å². The maximum absolute atomic E-state index is 13.8. The molecule has 0 atom stereocenters. The lowest BCUT2D eigenvalue weighted by molar-refractivity contribution is -0.136. The number of fused-ring (bicyclic) bond motifs is 1. The molecule has 0 saturated heterocycles. The number of para-hydroxylation sites is 1. The van der Waals surface area contributed by atoms with Crippen molar-refractivity contribution >= 4 is 29.0 Å². The Kier molecular flexibility index (Phi) is 9.36. The molecule has 0 aliphatic carbocycles. The number of rotatable bonds is 10. The predicted molar refractivity (Wildman–Crippen MR) is 168 cm³/mol. The third-order valence-corrected chi connectivity index (χ3v) is 7.10. The molecule has 0 saturated carbocycles. The van der Waals surface area contributed by atoms with Crippen LogP contribution in [0.3, 0.4) is 0 Å². The zero-order valence-electron chi connectivity index (χ0n) is 25.5. The molecule has 1 aromatic heterocycles. The molecule has 0 fully saturated rings. The molecule has 0 aliphatic rings. The molecule has 0 spiro atoms. The second-order valence-electron chi connectivity index (χ2n) is 9.88. The fourth-order valence-electron chi connectivity index (χ4n) is 4.96. The van der Waals surface area contributed by atoms with Crippen molar-refractivity contribution in [1.82, 2.24) is 10.4 Å². The number of aromatic nitrogens is 1. The highest BCUT2D eigenvalue weighted by molar-refractivity contribution is 6.10. The summed E-state index contributed by atoms with van der Waals surface area (Å²) in [6, 6.07) is 19.8. The van der Waals surface area contributed by atoms with Crippen molar-refractivity contribution in [2.45, 2.75) is 6.18 Å². The van der Waals surface area contributed by atoms with E-state index in [1.165, 1.54) is 71.1 Å². The van der Waals surface area contributed by atoms with Crippen LogP contribution >= 0.6 is 0 Å². The maximum Gasteiger partial charge on any atom is 0.418 e. The number of H-pyrrole nitrogens is 1. The minimum atomic E-state index is -4.64. The van der Waals surface area contributed by atoms with Gasteiger partial charge in [0.05, 0.1) is 51.3 Å². The summed E-state index contributed by atoms with van der Waals surface area (Å²) in [5.41, 5.74) is 2.61. The van der Waals surface area contributed by atoms with Crippen LogP contribution in [0.15, 0.2) is 84.0 Å². The highest BCUT2D eigenvalue weighted by Gasteiger charge is 2.34. The van der Waals surface area contributed by atoms with Crippen molar-refractivity contribution in [1.29, 1.82) is 0 Å². The van der Waals surface area contributed by atoms with Gasteiger partial charge in [-0.2, -0.15) is 18.3 Å². The second kappa shape index (κ2) is 13.6. The Bertz CT molecular complexity index is 1950. The standard InChI is InChI=1S/C34H28F3N3O7/c1-43-25-15-19(13-14-24(25)47-33(42)21-16-26(44-2)31(46-4)27(17-21)45-3)18-38-40-32(41)30-28(20-9-6-5-7-10-20)22-11-8-12-23(29(22)39-30)34(35,36)37/h5-18,39H,1-4H3,(H,40,41). The highest BCUT2D eigenvalue weighted by atomic mass is 19.4. The van der Waals surface area contributed by atoms with Crippen molar-refractivity contribution in [2.75, 3.05) is 28.4 Å². The highest BCUT2D eigenvalue weighted by Crippen LogP contribution is 2.40. The van der Waals surface area contributed by atoms with Crippen molar-refractivity contribution in [2.24, 2.45) is 5.10 Å². The molecule has 5 rings (SSSR count). The number of amides is 1. The first-order valence-electron chi connectivity index (χ1n) is 13.9. The Labute approximate surface area is 266 Å². The van der Waals surface area contributed by atoms with Crippen molar-refractivity contribution < 1.29 is 46.4 Å². The van der Waals surface area contributed by atoms with Crippen LogP contribution in [0.1, 0.15) is 32.0 Å². The zero-order valence-corrected chi connectivity index (χ0v) is 25.5. The Morgan fingerprint density at radius 3 is 2.09 bits per heavy atom.